The van der Waals surface area contributed by atoms with Crippen LogP contribution in [0.5, 0.6) is 0 Å². The number of hydrogen-bond donors (Lipinski definition) is 2. The molecule has 0 amide bonds. The molecule has 2 N–H and O–H groups in total. The van der Waals surface area contributed by atoms with Gasteiger partial charge in [0.05, 0.1) is 10.7 Å². The Morgan fingerprint density at radius 2 is 1.67 bits per heavy atom. The van der Waals surface area contributed by atoms with E-state index in [0.29, 0.717) is 33.6 Å². The maximum Gasteiger partial charge on any atom is 0.233 e. The van der Waals surface area contributed by atoms with Gasteiger partial charge in [0.15, 0.2) is 0 Å². The van der Waals surface area contributed by atoms with Gasteiger partial charge >= 0.3 is 0 Å². The zero-order chi connectivity index (χ0) is 15.6. The number of halogens is 2. The van der Waals surface area contributed by atoms with E-state index in [0.717, 1.165) is 5.56 Å². The summed E-state index contributed by atoms with van der Waals surface area (Å²) in [7, 11) is 5.46. The molecule has 0 saturated heterocycles. The van der Waals surface area contributed by atoms with Crippen LogP contribution >= 0.6 is 23.2 Å². The van der Waals surface area contributed by atoms with E-state index < -0.39 is 0 Å². The van der Waals surface area contributed by atoms with Crippen LogP contribution in [0.25, 0.3) is 0 Å². The van der Waals surface area contributed by atoms with Gasteiger partial charge in [-0.15, -0.1) is 0 Å². The van der Waals surface area contributed by atoms with Gasteiger partial charge in [0.1, 0.15) is 0 Å². The van der Waals surface area contributed by atoms with Gasteiger partial charge in [0, 0.05) is 26.2 Å². The second-order valence-corrected chi connectivity index (χ2v) is 5.45. The number of nitrogens with zero attached hydrogens (tertiary/aromatic N) is 4. The molecular weight excluding hydrogens is 311 g/mol. The number of nitrogens with one attached hydrogen (secondary N) is 2. The van der Waals surface area contributed by atoms with Crippen LogP contribution in [0.4, 0.5) is 23.5 Å². The van der Waals surface area contributed by atoms with E-state index in [-0.39, 0.29) is 0 Å². The van der Waals surface area contributed by atoms with Crippen LogP contribution in [0, 0.1) is 6.92 Å². The molecule has 1 aromatic carbocycles. The summed E-state index contributed by atoms with van der Waals surface area (Å²) in [6, 6.07) is 3.54. The Balaban J connectivity index is 2.39. The van der Waals surface area contributed by atoms with Crippen molar-refractivity contribution in [3.05, 3.63) is 27.7 Å². The molecule has 1 heterocycles. The molecule has 2 aromatic rings. The lowest BCUT2D eigenvalue weighted by atomic mass is 10.2. The summed E-state index contributed by atoms with van der Waals surface area (Å²) in [6.45, 7) is 1.89. The predicted octanol–water partition coefficient (Wildman–Crippen LogP) is 3.34. The van der Waals surface area contributed by atoms with Crippen molar-refractivity contribution in [2.24, 2.45) is 0 Å². The highest BCUT2D eigenvalue weighted by Crippen LogP contribution is 2.30. The zero-order valence-electron chi connectivity index (χ0n) is 12.2. The number of aryl methyl sites for hydroxylation is 1. The fourth-order valence-corrected chi connectivity index (χ4v) is 2.02. The van der Waals surface area contributed by atoms with Gasteiger partial charge in [0.25, 0.3) is 0 Å². The summed E-state index contributed by atoms with van der Waals surface area (Å²) < 4.78 is 0. The lowest BCUT2D eigenvalue weighted by Crippen LogP contribution is -2.15. The molecule has 0 aliphatic rings. The molecule has 0 spiro atoms. The van der Waals surface area contributed by atoms with E-state index in [2.05, 4.69) is 25.6 Å². The summed E-state index contributed by atoms with van der Waals surface area (Å²) in [4.78, 5) is 14.6. The smallest absolute Gasteiger partial charge is 0.233 e. The molecule has 8 heteroatoms. The molecular formula is C13H16Cl2N6. The van der Waals surface area contributed by atoms with Crippen LogP contribution in [0.15, 0.2) is 12.1 Å². The lowest BCUT2D eigenvalue weighted by molar-refractivity contribution is 0.963. The lowest BCUT2D eigenvalue weighted by Gasteiger charge is -2.14. The summed E-state index contributed by atoms with van der Waals surface area (Å²) in [5.41, 5.74) is 1.55. The second-order valence-electron chi connectivity index (χ2n) is 4.63. The average molecular weight is 327 g/mol. The number of benzene rings is 1. The van der Waals surface area contributed by atoms with Crippen molar-refractivity contribution in [1.82, 2.24) is 15.0 Å². The molecule has 0 aliphatic heterocycles. The molecule has 112 valence electrons. The summed E-state index contributed by atoms with van der Waals surface area (Å²) in [5.74, 6) is 1.39. The Hall–Kier alpha value is -1.79. The number of anilines is 4. The largest absolute Gasteiger partial charge is 0.357 e. The first-order valence-electron chi connectivity index (χ1n) is 6.24. The summed E-state index contributed by atoms with van der Waals surface area (Å²) >= 11 is 12.3. The van der Waals surface area contributed by atoms with E-state index in [9.17, 15) is 0 Å². The Kier molecular flexibility index (Phi) is 4.69. The topological polar surface area (TPSA) is 66.0 Å². The van der Waals surface area contributed by atoms with Crippen molar-refractivity contribution < 1.29 is 0 Å². The Morgan fingerprint density at radius 3 is 2.29 bits per heavy atom. The van der Waals surface area contributed by atoms with Crippen molar-refractivity contribution in [3.63, 3.8) is 0 Å². The Labute approximate surface area is 133 Å². The van der Waals surface area contributed by atoms with Crippen LogP contribution in [0.3, 0.4) is 0 Å². The molecule has 2 rings (SSSR count). The molecule has 0 saturated carbocycles. The number of aromatic nitrogens is 3. The summed E-state index contributed by atoms with van der Waals surface area (Å²) in [5, 5.41) is 7.13. The van der Waals surface area contributed by atoms with E-state index in [1.807, 2.05) is 21.0 Å². The van der Waals surface area contributed by atoms with Gasteiger partial charge in [-0.2, -0.15) is 15.0 Å². The van der Waals surface area contributed by atoms with Crippen molar-refractivity contribution in [2.45, 2.75) is 6.92 Å². The van der Waals surface area contributed by atoms with Crippen LogP contribution in [0.2, 0.25) is 10.0 Å². The Bertz CT molecular complexity index is 659. The van der Waals surface area contributed by atoms with Crippen LogP contribution < -0.4 is 15.5 Å². The van der Waals surface area contributed by atoms with Gasteiger partial charge in [-0.3, -0.25) is 0 Å². The predicted molar refractivity (Wildman–Crippen MR) is 88.2 cm³/mol. The van der Waals surface area contributed by atoms with Gasteiger partial charge < -0.3 is 15.5 Å². The third-order valence-electron chi connectivity index (χ3n) is 2.74. The normalized spacial score (nSPS) is 10.4. The second kappa shape index (κ2) is 6.32. The minimum Gasteiger partial charge on any atom is -0.357 e. The quantitative estimate of drug-likeness (QED) is 0.898. The monoisotopic (exact) mass is 326 g/mol. The first kappa shape index (κ1) is 15.6. The number of hydrogen-bond acceptors (Lipinski definition) is 6. The van der Waals surface area contributed by atoms with Crippen LogP contribution in [-0.2, 0) is 0 Å². The molecule has 0 bridgehead atoms. The van der Waals surface area contributed by atoms with E-state index >= 15 is 0 Å². The highest BCUT2D eigenvalue weighted by molar-refractivity contribution is 6.35. The van der Waals surface area contributed by atoms with Crippen molar-refractivity contribution in [2.75, 3.05) is 36.7 Å². The average Bonchev–Trinajstić information content (AvgIpc) is 2.44. The van der Waals surface area contributed by atoms with Gasteiger partial charge in [-0.25, -0.2) is 0 Å². The van der Waals surface area contributed by atoms with E-state index in [4.69, 9.17) is 23.2 Å². The molecule has 0 aliphatic carbocycles. The molecule has 1 aromatic heterocycles. The first-order valence-corrected chi connectivity index (χ1v) is 7.00. The molecule has 0 fully saturated rings. The van der Waals surface area contributed by atoms with E-state index in [1.165, 1.54) is 0 Å². The highest BCUT2D eigenvalue weighted by atomic mass is 35.5. The Morgan fingerprint density at radius 1 is 1.00 bits per heavy atom. The van der Waals surface area contributed by atoms with Crippen molar-refractivity contribution >= 4 is 46.7 Å². The third kappa shape index (κ3) is 3.65. The minimum atomic E-state index is 0.389. The van der Waals surface area contributed by atoms with Gasteiger partial charge in [0.2, 0.25) is 17.8 Å². The standard InChI is InChI=1S/C13H16Cl2N6/c1-7-5-9(15)10(6-8(7)14)17-12-18-11(16-2)19-13(20-12)21(3)4/h5-6H,1-4H3,(H2,16,17,18,19,20). The fraction of sp³-hybridized carbons (Fsp3) is 0.308. The van der Waals surface area contributed by atoms with Gasteiger partial charge in [-0.05, 0) is 24.6 Å². The SMILES string of the molecule is CNc1nc(Nc2cc(Cl)c(C)cc2Cl)nc(N(C)C)n1. The zero-order valence-corrected chi connectivity index (χ0v) is 13.7. The first-order chi connectivity index (χ1) is 9.90. The fourth-order valence-electron chi connectivity index (χ4n) is 1.59. The summed E-state index contributed by atoms with van der Waals surface area (Å²) in [6.07, 6.45) is 0. The van der Waals surface area contributed by atoms with Crippen molar-refractivity contribution in [3.8, 4) is 0 Å². The van der Waals surface area contributed by atoms with Gasteiger partial charge in [-0.1, -0.05) is 23.2 Å². The molecule has 6 nitrogen and oxygen atoms in total. The third-order valence-corrected chi connectivity index (χ3v) is 3.46. The number of rotatable bonds is 4. The van der Waals surface area contributed by atoms with E-state index in [1.54, 1.807) is 24.1 Å². The minimum absolute atomic E-state index is 0.389. The molecule has 0 radical (unpaired) electrons. The highest BCUT2D eigenvalue weighted by Gasteiger charge is 2.10. The maximum absolute atomic E-state index is 6.21. The maximum atomic E-state index is 6.21. The van der Waals surface area contributed by atoms with Crippen molar-refractivity contribution in [1.29, 1.82) is 0 Å². The van der Waals surface area contributed by atoms with Crippen LogP contribution in [0.1, 0.15) is 5.56 Å². The molecule has 0 unspecified atom stereocenters. The molecule has 0 atom stereocenters. The molecule has 21 heavy (non-hydrogen) atoms. The van der Waals surface area contributed by atoms with Crippen LogP contribution in [-0.4, -0.2) is 36.1 Å².